The summed E-state index contributed by atoms with van der Waals surface area (Å²) < 4.78 is 47.1. The topological polar surface area (TPSA) is 413 Å². The number of urea groups is 1. The highest BCUT2D eigenvalue weighted by Crippen LogP contribution is 2.53. The molecule has 3 aliphatic carbocycles. The van der Waals surface area contributed by atoms with Gasteiger partial charge in [-0.05, 0) is 82.7 Å². The van der Waals surface area contributed by atoms with Gasteiger partial charge in [0.05, 0.1) is 42.6 Å². The Morgan fingerprint density at radius 1 is 0.792 bits per heavy atom. The summed E-state index contributed by atoms with van der Waals surface area (Å²) in [6.45, 7) is 3.12. The van der Waals surface area contributed by atoms with Crippen LogP contribution >= 0.6 is 0 Å². The molecule has 9 atom stereocenters. The van der Waals surface area contributed by atoms with Gasteiger partial charge < -0.3 is 94.9 Å². The van der Waals surface area contributed by atoms with E-state index < -0.39 is 150 Å². The van der Waals surface area contributed by atoms with Crippen LogP contribution < -0.4 is 31.7 Å². The molecule has 0 aromatic heterocycles. The van der Waals surface area contributed by atoms with Crippen molar-refractivity contribution in [3.8, 4) is 17.2 Å². The van der Waals surface area contributed by atoms with Gasteiger partial charge in [-0.3, -0.25) is 48.2 Å². The Morgan fingerprint density at radius 2 is 1.48 bits per heavy atom. The number of likely N-dealkylation sites (N-methyl/N-ethyl adjacent to an activating group) is 3. The van der Waals surface area contributed by atoms with E-state index in [4.69, 9.17) is 43.6 Å². The number of carbonyl (C=O) groups is 11. The summed E-state index contributed by atoms with van der Waals surface area (Å²) in [6.07, 6.45) is -1.74. The number of phenolic OH excluding ortho intramolecular Hbond substituents is 2. The fraction of sp³-hybridized carbons (Fsp3) is 0.551. The monoisotopic (exact) mass is 1410 g/mol. The number of anilines is 1. The Kier molecular flexibility index (Phi) is 23.8. The number of morpholine rings is 1. The number of benzene rings is 3. The van der Waals surface area contributed by atoms with Crippen molar-refractivity contribution in [1.29, 1.82) is 0 Å². The second-order valence-electron chi connectivity index (χ2n) is 26.4. The third kappa shape index (κ3) is 16.3. The number of ether oxygens (including phenoxy) is 8. The number of Topliss-reactive ketones (excluding diaryl/α,β-unsaturated/α-hetero) is 1. The summed E-state index contributed by atoms with van der Waals surface area (Å²) >= 11 is 0. The highest BCUT2D eigenvalue weighted by atomic mass is 16.7. The van der Waals surface area contributed by atoms with Crippen molar-refractivity contribution in [2.45, 2.75) is 139 Å². The number of ketones is 3. The van der Waals surface area contributed by atoms with E-state index in [1.54, 1.807) is 45.3 Å². The molecule has 9 amide bonds. The second kappa shape index (κ2) is 32.2. The standard InChI is InChI=1S/C69H88N10O22/c1-38-59-44(78-31-32-96-62(95-6)61(78)101-59)33-50(99-38)100-46-35-69(93,34-42-52(46)58(86)54-53(56(42)84)55(83)41-13-10-15-45(94-5)51(41)57(54)85)47(80)37-98-67(92)77(4)30-28-75(2)27-29-76(3)66(91)97-36-39-16-18-40(19-17-39)73-60(87)43(14-11-25-72-65(70)90)74-64(89)68(22-12-23-68)63(88)71-24-8-7-9-26-79-48(81)20-21-49(79)82/h10,13,15-21,38,43-44,46,50,59,61-62,84,86,93H,7-9,11-12,14,22-37H2,1-6H3,(H,71,88)(H,73,87)(H,74,89)(H3,70,72,90)/t38-,43-,44-,46-,50-,59+,61+,62-,69-/m0/s1. The number of nitrogens with two attached hydrogens (primary N) is 1. The van der Waals surface area contributed by atoms with Gasteiger partial charge in [0.2, 0.25) is 29.3 Å². The molecule has 0 unspecified atom stereocenters. The fourth-order valence-electron chi connectivity index (χ4n) is 13.8. The lowest BCUT2D eigenvalue weighted by Gasteiger charge is -2.43. The number of nitrogens with zero attached hydrogens (tertiary/aromatic N) is 5. The summed E-state index contributed by atoms with van der Waals surface area (Å²) in [7, 11) is 7.57. The maximum Gasteiger partial charge on any atom is 0.409 e. The van der Waals surface area contributed by atoms with E-state index in [-0.39, 0.29) is 124 Å². The minimum Gasteiger partial charge on any atom is -0.507 e. The largest absolute Gasteiger partial charge is 0.507 e. The Morgan fingerprint density at radius 3 is 2.14 bits per heavy atom. The third-order valence-corrected chi connectivity index (χ3v) is 19.8. The predicted octanol–water partition coefficient (Wildman–Crippen LogP) is 2.24. The van der Waals surface area contributed by atoms with Gasteiger partial charge in [0.25, 0.3) is 11.8 Å². The van der Waals surface area contributed by atoms with Gasteiger partial charge in [0, 0.05) is 133 Å². The average molecular weight is 1410 g/mol. The molecule has 3 aromatic carbocycles. The Hall–Kier alpha value is -9.15. The van der Waals surface area contributed by atoms with Crippen LogP contribution in [0.5, 0.6) is 17.2 Å². The van der Waals surface area contributed by atoms with E-state index in [1.165, 1.54) is 61.4 Å². The number of methoxy groups -OCH3 is 2. The fourth-order valence-corrected chi connectivity index (χ4v) is 13.8. The number of fused-ring (bicyclic) bond motifs is 6. The maximum absolute atomic E-state index is 14.4. The summed E-state index contributed by atoms with van der Waals surface area (Å²) in [5.41, 5.74) is 0.648. The van der Waals surface area contributed by atoms with Crippen LogP contribution in [0.25, 0.3) is 0 Å². The first-order chi connectivity index (χ1) is 48.3. The number of rotatable bonds is 30. The highest BCUT2D eigenvalue weighted by molar-refractivity contribution is 6.31. The van der Waals surface area contributed by atoms with Crippen LogP contribution in [-0.2, 0) is 75.0 Å². The highest BCUT2D eigenvalue weighted by Gasteiger charge is 2.56. The minimum absolute atomic E-state index is 0.0552. The quantitative estimate of drug-likeness (QED) is 0.0161. The Bertz CT molecular complexity index is 3700. The van der Waals surface area contributed by atoms with E-state index in [0.717, 1.165) is 4.90 Å². The first kappa shape index (κ1) is 74.5. The number of nitrogens with one attached hydrogen (secondary N) is 4. The summed E-state index contributed by atoms with van der Waals surface area (Å²) in [4.78, 5) is 153. The van der Waals surface area contributed by atoms with Gasteiger partial charge in [0.1, 0.15) is 47.0 Å². The number of aromatic hydroxyl groups is 2. The molecule has 0 bridgehead atoms. The van der Waals surface area contributed by atoms with Crippen LogP contribution in [-0.4, -0.2) is 255 Å². The molecule has 32 nitrogen and oxygen atoms in total. The lowest BCUT2D eigenvalue weighted by atomic mass is 9.67. The zero-order valence-electron chi connectivity index (χ0n) is 57.3. The third-order valence-electron chi connectivity index (χ3n) is 19.8. The van der Waals surface area contributed by atoms with Crippen LogP contribution in [0.15, 0.2) is 54.6 Å². The van der Waals surface area contributed by atoms with Crippen LogP contribution in [0.1, 0.15) is 126 Å². The molecular formula is C69H88N10O22. The first-order valence-corrected chi connectivity index (χ1v) is 33.8. The normalized spacial score (nSPS) is 23.4. The molecule has 10 rings (SSSR count). The predicted molar refractivity (Wildman–Crippen MR) is 354 cm³/mol. The first-order valence-electron chi connectivity index (χ1n) is 33.8. The zero-order valence-corrected chi connectivity index (χ0v) is 57.3. The summed E-state index contributed by atoms with van der Waals surface area (Å²) in [5.74, 6) is -6.43. The zero-order chi connectivity index (χ0) is 72.6. The van der Waals surface area contributed by atoms with Crippen molar-refractivity contribution >= 4 is 70.8 Å². The molecule has 0 spiro atoms. The van der Waals surface area contributed by atoms with Gasteiger partial charge in [-0.1, -0.05) is 30.7 Å². The SMILES string of the molecule is COc1cccc2c1C(=O)c1c(O)c3c(c(O)c1C2=O)C[C@@](O)(C(=O)COC(=O)N(C)CCN(C)CCN(C)C(=O)OCc1ccc(NC(=O)[C@H](CCCNC(N)=O)NC(=O)C2(C(=O)NCCCCCN4C(=O)C=CC4=O)CCC2)cc1)C[C@@H]3O[C@H]1C[C@H]2[C@H](O[C@@H]3[C@@H](OC)OCCN32)[C@H](C)O1. The van der Waals surface area contributed by atoms with E-state index in [0.29, 0.717) is 56.6 Å². The van der Waals surface area contributed by atoms with E-state index >= 15 is 0 Å². The summed E-state index contributed by atoms with van der Waals surface area (Å²) in [6, 6.07) is 8.65. The van der Waals surface area contributed by atoms with E-state index in [2.05, 4.69) is 26.2 Å². The second-order valence-corrected chi connectivity index (χ2v) is 26.4. The maximum atomic E-state index is 14.4. The number of phenols is 2. The number of hydrogen-bond donors (Lipinski definition) is 8. The average Bonchev–Trinajstić information content (AvgIpc) is 1.63. The molecule has 7 aliphatic rings. The molecule has 4 aliphatic heterocycles. The van der Waals surface area contributed by atoms with Crippen molar-refractivity contribution in [2.75, 3.05) is 106 Å². The van der Waals surface area contributed by atoms with Crippen LogP contribution in [0.4, 0.5) is 20.1 Å². The number of hydrogen-bond acceptors (Lipinski definition) is 24. The van der Waals surface area contributed by atoms with Gasteiger partial charge in [-0.25, -0.2) is 14.4 Å². The number of imide groups is 1. The molecule has 3 saturated heterocycles. The molecule has 546 valence electrons. The molecule has 3 aromatic rings. The van der Waals surface area contributed by atoms with Crippen molar-refractivity contribution < 1.29 is 106 Å². The Balaban J connectivity index is 0.686. The van der Waals surface area contributed by atoms with Crippen molar-refractivity contribution in [1.82, 2.24) is 40.4 Å². The van der Waals surface area contributed by atoms with Crippen molar-refractivity contribution in [3.05, 3.63) is 93.6 Å². The molecule has 0 radical (unpaired) electrons. The lowest BCUT2D eigenvalue weighted by Crippen LogP contribution is -2.58. The minimum atomic E-state index is -2.45. The van der Waals surface area contributed by atoms with Crippen molar-refractivity contribution in [3.63, 3.8) is 0 Å². The number of unbranched alkanes of at least 4 members (excludes halogenated alkanes) is 2. The molecule has 32 heteroatoms. The van der Waals surface area contributed by atoms with Crippen LogP contribution in [0.2, 0.25) is 0 Å². The summed E-state index contributed by atoms with van der Waals surface area (Å²) in [5, 5.41) is 47.6. The molecule has 101 heavy (non-hydrogen) atoms. The number of aliphatic hydroxyl groups is 1. The lowest BCUT2D eigenvalue weighted by molar-refractivity contribution is -0.256. The van der Waals surface area contributed by atoms with Crippen LogP contribution in [0.3, 0.4) is 0 Å². The van der Waals surface area contributed by atoms with Gasteiger partial charge >= 0.3 is 18.2 Å². The van der Waals surface area contributed by atoms with E-state index in [1.807, 2.05) is 4.90 Å². The van der Waals surface area contributed by atoms with Crippen molar-refractivity contribution in [2.24, 2.45) is 11.1 Å². The molecular weight excluding hydrogens is 1320 g/mol. The van der Waals surface area contributed by atoms with Crippen LogP contribution in [0, 0.1) is 5.41 Å². The smallest absolute Gasteiger partial charge is 0.409 e. The molecule has 9 N–H and O–H groups in total. The van der Waals surface area contributed by atoms with Gasteiger partial charge in [-0.2, -0.15) is 0 Å². The van der Waals surface area contributed by atoms with E-state index in [9.17, 15) is 68.1 Å². The number of amides is 9. The Labute approximate surface area is 582 Å². The number of primary amides is 1. The molecule has 4 heterocycles. The van der Waals surface area contributed by atoms with Gasteiger partial charge in [-0.15, -0.1) is 0 Å². The number of carbonyl (C=O) groups excluding carboxylic acids is 11. The van der Waals surface area contributed by atoms with Gasteiger partial charge in [0.15, 0.2) is 31.2 Å². The molecule has 1 saturated carbocycles. The molecule has 4 fully saturated rings.